The number of nitrogens with zero attached hydrogens (tertiary/aromatic N) is 1. The summed E-state index contributed by atoms with van der Waals surface area (Å²) in [5, 5.41) is 5.35. The topological polar surface area (TPSA) is 105 Å². The van der Waals surface area contributed by atoms with E-state index in [4.69, 9.17) is 11.6 Å². The summed E-state index contributed by atoms with van der Waals surface area (Å²) >= 11 is 5.70. The van der Waals surface area contributed by atoms with Crippen molar-refractivity contribution in [1.29, 1.82) is 0 Å². The Morgan fingerprint density at radius 2 is 1.88 bits per heavy atom. The van der Waals surface area contributed by atoms with Gasteiger partial charge in [0.2, 0.25) is 0 Å². The van der Waals surface area contributed by atoms with Crippen LogP contribution in [0, 0.1) is 11.3 Å². The molecule has 1 heterocycles. The van der Waals surface area contributed by atoms with Crippen molar-refractivity contribution in [2.75, 3.05) is 23.9 Å². The first kappa shape index (κ1) is 21.4. The lowest BCUT2D eigenvalue weighted by Crippen LogP contribution is -2.41. The second-order valence-corrected chi connectivity index (χ2v) is 9.70. The van der Waals surface area contributed by atoms with Crippen LogP contribution >= 0.6 is 11.6 Å². The van der Waals surface area contributed by atoms with E-state index in [1.54, 1.807) is 6.07 Å². The number of carbonyl (C=O) groups excluding carboxylic acids is 2. The third-order valence-electron chi connectivity index (χ3n) is 3.75. The maximum absolute atomic E-state index is 12.0. The van der Waals surface area contributed by atoms with E-state index >= 15 is 0 Å². The molecule has 25 heavy (non-hydrogen) atoms. The molecule has 0 radical (unpaired) electrons. The molecule has 1 aromatic heterocycles. The highest BCUT2D eigenvalue weighted by atomic mass is 35.5. The molecule has 0 aliphatic rings. The number of amides is 2. The van der Waals surface area contributed by atoms with E-state index in [1.165, 1.54) is 18.5 Å². The van der Waals surface area contributed by atoms with Gasteiger partial charge in [-0.2, -0.15) is 0 Å². The molecule has 2 N–H and O–H groups in total. The number of pyridine rings is 1. The third kappa shape index (κ3) is 8.31. The molecule has 0 aliphatic carbocycles. The average Bonchev–Trinajstić information content (AvgIpc) is 2.46. The lowest BCUT2D eigenvalue weighted by Gasteiger charge is -2.30. The molecule has 1 unspecified atom stereocenters. The SMILES string of the molecule is CC(C)(C)C(CCS(C)(=O)=O)CNC(=O)C(=O)Nc1ccc(Cl)cn1. The molecule has 0 bridgehead atoms. The molecule has 0 aromatic carbocycles. The Morgan fingerprint density at radius 3 is 2.36 bits per heavy atom. The molecule has 140 valence electrons. The van der Waals surface area contributed by atoms with Crippen LogP contribution in [0.25, 0.3) is 0 Å². The van der Waals surface area contributed by atoms with Gasteiger partial charge in [-0.15, -0.1) is 0 Å². The number of anilines is 1. The summed E-state index contributed by atoms with van der Waals surface area (Å²) in [4.78, 5) is 27.7. The van der Waals surface area contributed by atoms with Crippen LogP contribution in [-0.2, 0) is 19.4 Å². The van der Waals surface area contributed by atoms with Crippen LogP contribution in [0.2, 0.25) is 5.02 Å². The van der Waals surface area contributed by atoms with Crippen molar-refractivity contribution in [1.82, 2.24) is 10.3 Å². The highest BCUT2D eigenvalue weighted by molar-refractivity contribution is 7.90. The summed E-state index contributed by atoms with van der Waals surface area (Å²) in [5.74, 6) is -1.48. The van der Waals surface area contributed by atoms with Crippen LogP contribution in [-0.4, -0.2) is 43.8 Å². The zero-order valence-corrected chi connectivity index (χ0v) is 16.4. The van der Waals surface area contributed by atoms with Crippen molar-refractivity contribution in [3.05, 3.63) is 23.4 Å². The van der Waals surface area contributed by atoms with Crippen molar-refractivity contribution >= 4 is 39.1 Å². The fourth-order valence-corrected chi connectivity index (χ4v) is 2.94. The lowest BCUT2D eigenvalue weighted by atomic mass is 9.79. The van der Waals surface area contributed by atoms with Crippen LogP contribution in [0.15, 0.2) is 18.3 Å². The first-order valence-electron chi connectivity index (χ1n) is 7.77. The minimum absolute atomic E-state index is 0.0334. The van der Waals surface area contributed by atoms with E-state index in [2.05, 4.69) is 15.6 Å². The molecule has 1 aromatic rings. The maximum atomic E-state index is 12.0. The van der Waals surface area contributed by atoms with E-state index in [0.717, 1.165) is 0 Å². The zero-order valence-electron chi connectivity index (χ0n) is 14.8. The lowest BCUT2D eigenvalue weighted by molar-refractivity contribution is -0.136. The number of hydrogen-bond acceptors (Lipinski definition) is 5. The maximum Gasteiger partial charge on any atom is 0.314 e. The van der Waals surface area contributed by atoms with E-state index in [-0.39, 0.29) is 29.4 Å². The minimum Gasteiger partial charge on any atom is -0.348 e. The van der Waals surface area contributed by atoms with Gasteiger partial charge < -0.3 is 10.6 Å². The molecule has 0 saturated heterocycles. The van der Waals surface area contributed by atoms with Crippen molar-refractivity contribution in [3.8, 4) is 0 Å². The molecule has 0 spiro atoms. The quantitative estimate of drug-likeness (QED) is 0.722. The fourth-order valence-electron chi connectivity index (χ4n) is 2.12. The van der Waals surface area contributed by atoms with Gasteiger partial charge in [0.1, 0.15) is 15.7 Å². The Hall–Kier alpha value is -1.67. The Kier molecular flexibility index (Phi) is 7.37. The molecule has 0 fully saturated rings. The zero-order chi connectivity index (χ0) is 19.3. The smallest absolute Gasteiger partial charge is 0.314 e. The molecule has 0 saturated carbocycles. The predicted octanol–water partition coefficient (Wildman–Crippen LogP) is 1.89. The fraction of sp³-hybridized carbons (Fsp3) is 0.562. The molecule has 1 rings (SSSR count). The standard InChI is InChI=1S/C16H24ClN3O4S/c1-16(2,3)11(7-8-25(4,23)24)9-19-14(21)15(22)20-13-6-5-12(17)10-18-13/h5-6,10-11H,7-9H2,1-4H3,(H,19,21)(H,18,20,22). The highest BCUT2D eigenvalue weighted by Gasteiger charge is 2.27. The summed E-state index contributed by atoms with van der Waals surface area (Å²) in [7, 11) is -3.09. The van der Waals surface area contributed by atoms with Gasteiger partial charge in [0.25, 0.3) is 0 Å². The second-order valence-electron chi connectivity index (χ2n) is 7.01. The molecule has 7 nitrogen and oxygen atoms in total. The summed E-state index contributed by atoms with van der Waals surface area (Å²) in [6, 6.07) is 3.03. The molecular formula is C16H24ClN3O4S. The predicted molar refractivity (Wildman–Crippen MR) is 98.2 cm³/mol. The number of aromatic nitrogens is 1. The molecular weight excluding hydrogens is 366 g/mol. The van der Waals surface area contributed by atoms with E-state index < -0.39 is 21.7 Å². The first-order valence-corrected chi connectivity index (χ1v) is 10.2. The number of hydrogen-bond donors (Lipinski definition) is 2. The van der Waals surface area contributed by atoms with Gasteiger partial charge in [0.15, 0.2) is 0 Å². The van der Waals surface area contributed by atoms with Crippen molar-refractivity contribution < 1.29 is 18.0 Å². The van der Waals surface area contributed by atoms with Gasteiger partial charge in [-0.1, -0.05) is 32.4 Å². The van der Waals surface area contributed by atoms with Crippen LogP contribution < -0.4 is 10.6 Å². The van der Waals surface area contributed by atoms with Crippen LogP contribution in [0.4, 0.5) is 5.82 Å². The second kappa shape index (κ2) is 8.62. The summed E-state index contributed by atoms with van der Waals surface area (Å²) in [6.45, 7) is 6.09. The Morgan fingerprint density at radius 1 is 1.24 bits per heavy atom. The number of rotatable bonds is 6. The van der Waals surface area contributed by atoms with Gasteiger partial charge in [-0.25, -0.2) is 13.4 Å². The largest absolute Gasteiger partial charge is 0.348 e. The average molecular weight is 390 g/mol. The molecule has 9 heteroatoms. The van der Waals surface area contributed by atoms with Crippen LogP contribution in [0.3, 0.4) is 0 Å². The Bertz CT molecular complexity index is 712. The highest BCUT2D eigenvalue weighted by Crippen LogP contribution is 2.28. The normalized spacial score (nSPS) is 13.2. The van der Waals surface area contributed by atoms with Crippen molar-refractivity contribution in [2.24, 2.45) is 11.3 Å². The Balaban J connectivity index is 2.60. The van der Waals surface area contributed by atoms with E-state index in [0.29, 0.717) is 11.4 Å². The summed E-state index contributed by atoms with van der Waals surface area (Å²) < 4.78 is 22.7. The van der Waals surface area contributed by atoms with Gasteiger partial charge in [-0.05, 0) is 29.9 Å². The summed E-state index contributed by atoms with van der Waals surface area (Å²) in [6.07, 6.45) is 2.94. The van der Waals surface area contributed by atoms with E-state index in [1.807, 2.05) is 20.8 Å². The van der Waals surface area contributed by atoms with Crippen LogP contribution in [0.5, 0.6) is 0 Å². The van der Waals surface area contributed by atoms with Crippen molar-refractivity contribution in [3.63, 3.8) is 0 Å². The minimum atomic E-state index is -3.09. The molecule has 2 amide bonds. The molecule has 0 aliphatic heterocycles. The van der Waals surface area contributed by atoms with Gasteiger partial charge in [0.05, 0.1) is 10.8 Å². The molecule has 1 atom stereocenters. The van der Waals surface area contributed by atoms with Crippen LogP contribution in [0.1, 0.15) is 27.2 Å². The van der Waals surface area contributed by atoms with E-state index in [9.17, 15) is 18.0 Å². The monoisotopic (exact) mass is 389 g/mol. The van der Waals surface area contributed by atoms with Gasteiger partial charge >= 0.3 is 11.8 Å². The number of sulfone groups is 1. The number of carbonyl (C=O) groups is 2. The number of nitrogens with one attached hydrogen (secondary N) is 2. The third-order valence-corrected chi connectivity index (χ3v) is 4.95. The Labute approximate surface area is 153 Å². The van der Waals surface area contributed by atoms with Gasteiger partial charge in [0, 0.05) is 19.0 Å². The summed E-state index contributed by atoms with van der Waals surface area (Å²) in [5.41, 5.74) is -0.216. The number of halogens is 1. The van der Waals surface area contributed by atoms with Gasteiger partial charge in [-0.3, -0.25) is 9.59 Å². The van der Waals surface area contributed by atoms with Crippen molar-refractivity contribution in [2.45, 2.75) is 27.2 Å². The first-order chi connectivity index (χ1) is 11.4.